The molecule has 0 atom stereocenters. The predicted molar refractivity (Wildman–Crippen MR) is 51.1 cm³/mol. The summed E-state index contributed by atoms with van der Waals surface area (Å²) in [4.78, 5) is 10.4. The van der Waals surface area contributed by atoms with E-state index >= 15 is 0 Å². The van der Waals surface area contributed by atoms with Crippen LogP contribution < -0.4 is 0 Å². The monoisotopic (exact) mass is 194 g/mol. The molecule has 0 aliphatic rings. The van der Waals surface area contributed by atoms with Gasteiger partial charge in [0.1, 0.15) is 11.5 Å². The molecule has 3 N–H and O–H groups in total. The summed E-state index contributed by atoms with van der Waals surface area (Å²) >= 11 is 0. The summed E-state index contributed by atoms with van der Waals surface area (Å²) in [6, 6.07) is 4.00. The average molecular weight is 194 g/mol. The number of aliphatic carboxylic acids is 1. The molecule has 0 saturated carbocycles. The molecule has 0 amide bonds. The van der Waals surface area contributed by atoms with Gasteiger partial charge in [-0.15, -0.1) is 0 Å². The third kappa shape index (κ3) is 2.26. The lowest BCUT2D eigenvalue weighted by Gasteiger charge is -2.04. The largest absolute Gasteiger partial charge is 0.508 e. The van der Waals surface area contributed by atoms with E-state index in [4.69, 9.17) is 10.2 Å². The van der Waals surface area contributed by atoms with Crippen molar-refractivity contribution in [1.82, 2.24) is 0 Å². The van der Waals surface area contributed by atoms with Crippen molar-refractivity contribution >= 4 is 11.5 Å². The maximum atomic E-state index is 10.4. The van der Waals surface area contributed by atoms with Crippen LogP contribution >= 0.6 is 0 Å². The summed E-state index contributed by atoms with van der Waals surface area (Å²) in [5.74, 6) is -1.27. The highest BCUT2D eigenvalue weighted by atomic mass is 16.4. The normalized spacial score (nSPS) is 11.4. The zero-order chi connectivity index (χ0) is 10.7. The van der Waals surface area contributed by atoms with E-state index in [1.54, 1.807) is 6.92 Å². The maximum Gasteiger partial charge on any atom is 0.328 e. The minimum atomic E-state index is -1.07. The van der Waals surface area contributed by atoms with Crippen molar-refractivity contribution < 1.29 is 20.1 Å². The smallest absolute Gasteiger partial charge is 0.328 e. The lowest BCUT2D eigenvalue weighted by molar-refractivity contribution is -0.131. The van der Waals surface area contributed by atoms with E-state index < -0.39 is 5.97 Å². The molecule has 0 heterocycles. The van der Waals surface area contributed by atoms with Crippen molar-refractivity contribution in [3.8, 4) is 11.5 Å². The molecule has 1 aromatic carbocycles. The summed E-state index contributed by atoms with van der Waals surface area (Å²) in [5, 5.41) is 26.9. The molecule has 1 rings (SSSR count). The van der Waals surface area contributed by atoms with Gasteiger partial charge in [-0.1, -0.05) is 0 Å². The van der Waals surface area contributed by atoms with Crippen molar-refractivity contribution in [2.24, 2.45) is 0 Å². The van der Waals surface area contributed by atoms with Crippen LogP contribution in [0.5, 0.6) is 11.5 Å². The summed E-state index contributed by atoms with van der Waals surface area (Å²) in [7, 11) is 0. The van der Waals surface area contributed by atoms with Crippen LogP contribution in [0.2, 0.25) is 0 Å². The number of carbonyl (C=O) groups is 1. The van der Waals surface area contributed by atoms with E-state index in [1.165, 1.54) is 12.1 Å². The third-order valence-electron chi connectivity index (χ3n) is 1.75. The Bertz CT molecular complexity index is 393. The van der Waals surface area contributed by atoms with Crippen molar-refractivity contribution in [2.75, 3.05) is 0 Å². The molecular weight excluding hydrogens is 184 g/mol. The number of hydrogen-bond donors (Lipinski definition) is 3. The number of aromatic hydroxyl groups is 2. The Morgan fingerprint density at radius 1 is 1.36 bits per heavy atom. The zero-order valence-electron chi connectivity index (χ0n) is 7.56. The SMILES string of the molecule is C/C(=C\C(=O)O)c1ccc(O)cc1O. The Balaban J connectivity index is 3.14. The van der Waals surface area contributed by atoms with Gasteiger partial charge in [-0.25, -0.2) is 4.79 Å². The van der Waals surface area contributed by atoms with Crippen LogP contribution in [0.4, 0.5) is 0 Å². The van der Waals surface area contributed by atoms with Gasteiger partial charge < -0.3 is 15.3 Å². The minimum absolute atomic E-state index is 0.0608. The fourth-order valence-electron chi connectivity index (χ4n) is 1.12. The number of benzene rings is 1. The summed E-state index contributed by atoms with van der Waals surface area (Å²) in [5.41, 5.74) is 0.820. The van der Waals surface area contributed by atoms with E-state index in [2.05, 4.69) is 0 Å². The van der Waals surface area contributed by atoms with Gasteiger partial charge in [0.15, 0.2) is 0 Å². The van der Waals surface area contributed by atoms with E-state index in [-0.39, 0.29) is 11.5 Å². The first-order valence-electron chi connectivity index (χ1n) is 3.94. The molecule has 0 aliphatic heterocycles. The number of hydrogen-bond acceptors (Lipinski definition) is 3. The van der Waals surface area contributed by atoms with Crippen molar-refractivity contribution in [3.63, 3.8) is 0 Å². The highest BCUT2D eigenvalue weighted by Crippen LogP contribution is 2.28. The molecule has 14 heavy (non-hydrogen) atoms. The number of carboxylic acids is 1. The van der Waals surface area contributed by atoms with Crippen LogP contribution in [0.25, 0.3) is 5.57 Å². The van der Waals surface area contributed by atoms with Gasteiger partial charge in [-0.05, 0) is 24.6 Å². The molecule has 0 unspecified atom stereocenters. The quantitative estimate of drug-likeness (QED) is 0.624. The zero-order valence-corrected chi connectivity index (χ0v) is 7.56. The number of allylic oxidation sites excluding steroid dienone is 1. The topological polar surface area (TPSA) is 77.8 Å². The van der Waals surface area contributed by atoms with Crippen LogP contribution in [0, 0.1) is 0 Å². The molecule has 0 radical (unpaired) electrons. The Hall–Kier alpha value is -1.97. The highest BCUT2D eigenvalue weighted by Gasteiger charge is 2.05. The second-order valence-corrected chi connectivity index (χ2v) is 2.87. The minimum Gasteiger partial charge on any atom is -0.508 e. The lowest BCUT2D eigenvalue weighted by atomic mass is 10.1. The average Bonchev–Trinajstić information content (AvgIpc) is 2.01. The van der Waals surface area contributed by atoms with Crippen molar-refractivity contribution in [2.45, 2.75) is 6.92 Å². The van der Waals surface area contributed by atoms with E-state index in [0.717, 1.165) is 12.1 Å². The van der Waals surface area contributed by atoms with E-state index in [1.807, 2.05) is 0 Å². The molecule has 4 heteroatoms. The molecule has 0 saturated heterocycles. The maximum absolute atomic E-state index is 10.4. The van der Waals surface area contributed by atoms with E-state index in [0.29, 0.717) is 11.1 Å². The molecule has 74 valence electrons. The first-order chi connectivity index (χ1) is 6.50. The van der Waals surface area contributed by atoms with Crippen LogP contribution in [0.3, 0.4) is 0 Å². The summed E-state index contributed by atoms with van der Waals surface area (Å²) in [6.07, 6.45) is 0.992. The molecule has 0 aromatic heterocycles. The Labute approximate surface area is 80.7 Å². The fourth-order valence-corrected chi connectivity index (χ4v) is 1.12. The first kappa shape index (κ1) is 10.1. The summed E-state index contributed by atoms with van der Waals surface area (Å²) in [6.45, 7) is 1.57. The third-order valence-corrected chi connectivity index (χ3v) is 1.75. The predicted octanol–water partition coefficient (Wildman–Crippen LogP) is 1.59. The number of carboxylic acid groups (broad SMARTS) is 1. The summed E-state index contributed by atoms with van der Waals surface area (Å²) < 4.78 is 0. The Morgan fingerprint density at radius 3 is 2.50 bits per heavy atom. The van der Waals surface area contributed by atoms with Gasteiger partial charge in [0.25, 0.3) is 0 Å². The number of phenols is 2. The van der Waals surface area contributed by atoms with Gasteiger partial charge in [-0.2, -0.15) is 0 Å². The molecule has 4 nitrogen and oxygen atoms in total. The Kier molecular flexibility index (Phi) is 2.76. The second kappa shape index (κ2) is 3.83. The number of phenolic OH excluding ortho intramolecular Hbond substituents is 2. The molecular formula is C10H10O4. The second-order valence-electron chi connectivity index (χ2n) is 2.87. The van der Waals surface area contributed by atoms with Crippen molar-refractivity contribution in [3.05, 3.63) is 29.8 Å². The van der Waals surface area contributed by atoms with E-state index in [9.17, 15) is 9.90 Å². The molecule has 0 fully saturated rings. The van der Waals surface area contributed by atoms with Gasteiger partial charge in [0, 0.05) is 17.7 Å². The lowest BCUT2D eigenvalue weighted by Crippen LogP contribution is -1.90. The van der Waals surface area contributed by atoms with Gasteiger partial charge in [-0.3, -0.25) is 0 Å². The molecule has 1 aromatic rings. The van der Waals surface area contributed by atoms with Crippen LogP contribution in [0.15, 0.2) is 24.3 Å². The van der Waals surface area contributed by atoms with Crippen LogP contribution in [-0.4, -0.2) is 21.3 Å². The standard InChI is InChI=1S/C10H10O4/c1-6(4-10(13)14)8-3-2-7(11)5-9(8)12/h2-5,11-12H,1H3,(H,13,14)/b6-4+. The van der Waals surface area contributed by atoms with Crippen LogP contribution in [-0.2, 0) is 4.79 Å². The van der Waals surface area contributed by atoms with Crippen LogP contribution in [0.1, 0.15) is 12.5 Å². The van der Waals surface area contributed by atoms with Gasteiger partial charge >= 0.3 is 5.97 Å². The fraction of sp³-hybridized carbons (Fsp3) is 0.100. The molecule has 0 bridgehead atoms. The molecule has 0 aliphatic carbocycles. The van der Waals surface area contributed by atoms with Gasteiger partial charge in [0.2, 0.25) is 0 Å². The van der Waals surface area contributed by atoms with Crippen molar-refractivity contribution in [1.29, 1.82) is 0 Å². The first-order valence-corrected chi connectivity index (χ1v) is 3.94. The molecule has 0 spiro atoms. The number of rotatable bonds is 2. The Morgan fingerprint density at radius 2 is 2.00 bits per heavy atom. The van der Waals surface area contributed by atoms with Gasteiger partial charge in [0.05, 0.1) is 0 Å². The highest BCUT2D eigenvalue weighted by molar-refractivity contribution is 5.90.